The van der Waals surface area contributed by atoms with E-state index in [0.29, 0.717) is 11.7 Å². The van der Waals surface area contributed by atoms with E-state index in [1.54, 1.807) is 0 Å². The molecular weight excluding hydrogens is 148 g/mol. The van der Waals surface area contributed by atoms with Gasteiger partial charge >= 0.3 is 0 Å². The Kier molecular flexibility index (Phi) is 1.64. The first-order valence-electron chi connectivity index (χ1n) is 4.87. The smallest absolute Gasteiger partial charge is 0.161 e. The first-order valence-corrected chi connectivity index (χ1v) is 4.87. The predicted molar refractivity (Wildman–Crippen MR) is 48.8 cm³/mol. The van der Waals surface area contributed by atoms with Crippen LogP contribution in [0, 0.1) is 11.3 Å². The third-order valence-electron chi connectivity index (χ3n) is 3.48. The molecule has 1 nitrogen and oxygen atoms in total. The summed E-state index contributed by atoms with van der Waals surface area (Å²) in [6.45, 7) is 4.18. The molecule has 0 heterocycles. The molecule has 0 aromatic heterocycles. The normalized spacial score (nSPS) is 33.0. The molecule has 0 bridgehead atoms. The number of allylic oxidation sites excluding steroid dienone is 2. The maximum absolute atomic E-state index is 11.6. The van der Waals surface area contributed by atoms with Gasteiger partial charge in [0, 0.05) is 5.41 Å². The van der Waals surface area contributed by atoms with Crippen molar-refractivity contribution in [2.75, 3.05) is 0 Å². The Morgan fingerprint density at radius 3 is 2.83 bits per heavy atom. The molecule has 1 atom stereocenters. The van der Waals surface area contributed by atoms with Crippen LogP contribution < -0.4 is 0 Å². The Morgan fingerprint density at radius 2 is 2.17 bits per heavy atom. The molecule has 0 saturated heterocycles. The standard InChI is InChI=1S/C11H16O/c1-11(2)9-6-4-3-5-8(9)7-10(11)12/h7,9H,3-6H2,1-2H3. The number of fused-ring (bicyclic) bond motifs is 1. The third-order valence-corrected chi connectivity index (χ3v) is 3.48. The van der Waals surface area contributed by atoms with Crippen molar-refractivity contribution < 1.29 is 4.79 Å². The van der Waals surface area contributed by atoms with Crippen LogP contribution in [-0.2, 0) is 4.79 Å². The topological polar surface area (TPSA) is 17.1 Å². The Balaban J connectivity index is 2.31. The Labute approximate surface area is 73.8 Å². The first-order chi connectivity index (χ1) is 5.62. The predicted octanol–water partition coefficient (Wildman–Crippen LogP) is 2.71. The summed E-state index contributed by atoms with van der Waals surface area (Å²) >= 11 is 0. The molecule has 0 N–H and O–H groups in total. The van der Waals surface area contributed by atoms with Crippen molar-refractivity contribution in [3.8, 4) is 0 Å². The van der Waals surface area contributed by atoms with Gasteiger partial charge in [-0.3, -0.25) is 4.79 Å². The minimum atomic E-state index is -0.0875. The Bertz CT molecular complexity index is 248. The average molecular weight is 164 g/mol. The molecule has 1 fully saturated rings. The molecule has 1 heteroatoms. The molecule has 1 unspecified atom stereocenters. The summed E-state index contributed by atoms with van der Waals surface area (Å²) in [6.07, 6.45) is 6.89. The maximum Gasteiger partial charge on any atom is 0.161 e. The lowest BCUT2D eigenvalue weighted by molar-refractivity contribution is -0.122. The van der Waals surface area contributed by atoms with Crippen molar-refractivity contribution in [1.29, 1.82) is 0 Å². The van der Waals surface area contributed by atoms with Crippen LogP contribution in [-0.4, -0.2) is 5.78 Å². The van der Waals surface area contributed by atoms with Gasteiger partial charge in [0.15, 0.2) is 5.78 Å². The second kappa shape index (κ2) is 2.45. The van der Waals surface area contributed by atoms with Crippen molar-refractivity contribution >= 4 is 5.78 Å². The molecule has 66 valence electrons. The highest BCUT2D eigenvalue weighted by Gasteiger charge is 2.43. The molecule has 12 heavy (non-hydrogen) atoms. The number of ketones is 1. The number of hydrogen-bond acceptors (Lipinski definition) is 1. The van der Waals surface area contributed by atoms with Crippen LogP contribution in [0.3, 0.4) is 0 Å². The van der Waals surface area contributed by atoms with Crippen LogP contribution in [0.1, 0.15) is 39.5 Å². The summed E-state index contributed by atoms with van der Waals surface area (Å²) < 4.78 is 0. The van der Waals surface area contributed by atoms with Gasteiger partial charge in [-0.1, -0.05) is 25.8 Å². The molecular formula is C11H16O. The highest BCUT2D eigenvalue weighted by molar-refractivity contribution is 5.98. The summed E-state index contributed by atoms with van der Waals surface area (Å²) in [5, 5.41) is 0. The summed E-state index contributed by atoms with van der Waals surface area (Å²) in [7, 11) is 0. The Hall–Kier alpha value is -0.590. The summed E-state index contributed by atoms with van der Waals surface area (Å²) in [5.41, 5.74) is 1.34. The average Bonchev–Trinajstić information content (AvgIpc) is 2.25. The van der Waals surface area contributed by atoms with E-state index in [1.807, 2.05) is 6.08 Å². The van der Waals surface area contributed by atoms with Crippen molar-refractivity contribution in [3.05, 3.63) is 11.6 Å². The molecule has 0 amide bonds. The summed E-state index contributed by atoms with van der Waals surface area (Å²) in [6, 6.07) is 0. The fraction of sp³-hybridized carbons (Fsp3) is 0.727. The van der Waals surface area contributed by atoms with Crippen LogP contribution in [0.15, 0.2) is 11.6 Å². The first kappa shape index (κ1) is 8.03. The van der Waals surface area contributed by atoms with Crippen LogP contribution in [0.5, 0.6) is 0 Å². The maximum atomic E-state index is 11.6. The lowest BCUT2D eigenvalue weighted by Crippen LogP contribution is -2.28. The van der Waals surface area contributed by atoms with Gasteiger partial charge in [0.05, 0.1) is 0 Å². The second-order valence-corrected chi connectivity index (χ2v) is 4.60. The number of rotatable bonds is 0. The number of hydrogen-bond donors (Lipinski definition) is 0. The van der Waals surface area contributed by atoms with E-state index in [-0.39, 0.29) is 5.41 Å². The molecule has 0 aromatic carbocycles. The van der Waals surface area contributed by atoms with Crippen LogP contribution >= 0.6 is 0 Å². The molecule has 2 aliphatic carbocycles. The third kappa shape index (κ3) is 0.954. The van der Waals surface area contributed by atoms with E-state index in [9.17, 15) is 4.79 Å². The van der Waals surface area contributed by atoms with E-state index in [4.69, 9.17) is 0 Å². The monoisotopic (exact) mass is 164 g/mol. The molecule has 0 radical (unpaired) electrons. The van der Waals surface area contributed by atoms with Crippen LogP contribution in [0.25, 0.3) is 0 Å². The molecule has 0 aromatic rings. The quantitative estimate of drug-likeness (QED) is 0.538. The van der Waals surface area contributed by atoms with E-state index in [1.165, 1.54) is 31.3 Å². The molecule has 2 rings (SSSR count). The van der Waals surface area contributed by atoms with Crippen molar-refractivity contribution in [1.82, 2.24) is 0 Å². The fourth-order valence-corrected chi connectivity index (χ4v) is 2.56. The largest absolute Gasteiger partial charge is 0.294 e. The highest BCUT2D eigenvalue weighted by atomic mass is 16.1. The van der Waals surface area contributed by atoms with Crippen LogP contribution in [0.4, 0.5) is 0 Å². The zero-order valence-electron chi connectivity index (χ0n) is 7.89. The summed E-state index contributed by atoms with van der Waals surface area (Å²) in [4.78, 5) is 11.6. The zero-order valence-corrected chi connectivity index (χ0v) is 7.89. The zero-order chi connectivity index (χ0) is 8.77. The number of carbonyl (C=O) groups is 1. The van der Waals surface area contributed by atoms with Gasteiger partial charge in [-0.05, 0) is 31.3 Å². The van der Waals surface area contributed by atoms with E-state index >= 15 is 0 Å². The van der Waals surface area contributed by atoms with Gasteiger partial charge in [0.2, 0.25) is 0 Å². The van der Waals surface area contributed by atoms with Gasteiger partial charge in [-0.2, -0.15) is 0 Å². The van der Waals surface area contributed by atoms with Gasteiger partial charge in [0.1, 0.15) is 0 Å². The molecule has 0 aliphatic heterocycles. The summed E-state index contributed by atoms with van der Waals surface area (Å²) in [5.74, 6) is 0.920. The number of carbonyl (C=O) groups excluding carboxylic acids is 1. The molecule has 0 spiro atoms. The molecule has 2 aliphatic rings. The van der Waals surface area contributed by atoms with E-state index in [2.05, 4.69) is 13.8 Å². The SMILES string of the molecule is CC1(C)C(=O)C=C2CCCCC21. The van der Waals surface area contributed by atoms with Crippen molar-refractivity contribution in [3.63, 3.8) is 0 Å². The van der Waals surface area contributed by atoms with Crippen molar-refractivity contribution in [2.45, 2.75) is 39.5 Å². The minimum Gasteiger partial charge on any atom is -0.294 e. The van der Waals surface area contributed by atoms with E-state index in [0.717, 1.165) is 0 Å². The second-order valence-electron chi connectivity index (χ2n) is 4.60. The fourth-order valence-electron chi connectivity index (χ4n) is 2.56. The van der Waals surface area contributed by atoms with Crippen LogP contribution in [0.2, 0.25) is 0 Å². The lowest BCUT2D eigenvalue weighted by atomic mass is 9.72. The van der Waals surface area contributed by atoms with Crippen molar-refractivity contribution in [2.24, 2.45) is 11.3 Å². The lowest BCUT2D eigenvalue weighted by Gasteiger charge is -2.31. The van der Waals surface area contributed by atoms with Gasteiger partial charge in [-0.15, -0.1) is 0 Å². The Morgan fingerprint density at radius 1 is 1.42 bits per heavy atom. The minimum absolute atomic E-state index is 0.0875. The molecule has 1 saturated carbocycles. The van der Waals surface area contributed by atoms with E-state index < -0.39 is 0 Å². The van der Waals surface area contributed by atoms with Gasteiger partial charge in [0.25, 0.3) is 0 Å². The van der Waals surface area contributed by atoms with Gasteiger partial charge < -0.3 is 0 Å². The van der Waals surface area contributed by atoms with Gasteiger partial charge in [-0.25, -0.2) is 0 Å². The highest BCUT2D eigenvalue weighted by Crippen LogP contribution is 2.47.